The monoisotopic (exact) mass is 248 g/mol. The number of para-hydroxylation sites is 1. The molecule has 0 fully saturated rings. The molecule has 18 heavy (non-hydrogen) atoms. The van der Waals surface area contributed by atoms with Gasteiger partial charge in [0.1, 0.15) is 0 Å². The number of benzene rings is 2. The molecule has 0 aliphatic heterocycles. The lowest BCUT2D eigenvalue weighted by molar-refractivity contribution is 0.506. The first-order chi connectivity index (χ1) is 8.66. The first-order valence-electron chi connectivity index (χ1n) is 5.65. The van der Waals surface area contributed by atoms with Gasteiger partial charge in [0.05, 0.1) is 0 Å². The third-order valence-corrected chi connectivity index (χ3v) is 2.68. The van der Waals surface area contributed by atoms with Crippen molar-refractivity contribution in [2.24, 2.45) is 0 Å². The smallest absolute Gasteiger partial charge is 0.159 e. The number of nitrogens with two attached hydrogens (primary N) is 1. The second-order valence-electron chi connectivity index (χ2n) is 4.05. The van der Waals surface area contributed by atoms with E-state index in [1.807, 2.05) is 24.3 Å². The maximum absolute atomic E-state index is 13.0. The summed E-state index contributed by atoms with van der Waals surface area (Å²) < 4.78 is 25.7. The molecule has 0 aromatic heterocycles. The third kappa shape index (κ3) is 3.05. The topological polar surface area (TPSA) is 38.0 Å². The molecule has 2 nitrogen and oxygen atoms in total. The molecule has 0 aliphatic rings. The van der Waals surface area contributed by atoms with E-state index in [1.165, 1.54) is 6.07 Å². The minimum atomic E-state index is -0.828. The molecule has 0 saturated heterocycles. The molecule has 0 atom stereocenters. The Morgan fingerprint density at radius 1 is 0.944 bits per heavy atom. The fourth-order valence-corrected chi connectivity index (χ4v) is 1.69. The summed E-state index contributed by atoms with van der Waals surface area (Å²) in [6.07, 6.45) is 0. The number of nitrogen functional groups attached to an aromatic ring is 1. The van der Waals surface area contributed by atoms with Gasteiger partial charge in [-0.15, -0.1) is 0 Å². The molecule has 0 radical (unpaired) electrons. The third-order valence-electron chi connectivity index (χ3n) is 2.68. The van der Waals surface area contributed by atoms with Crippen molar-refractivity contribution in [1.29, 1.82) is 0 Å². The van der Waals surface area contributed by atoms with Gasteiger partial charge in [-0.25, -0.2) is 8.78 Å². The van der Waals surface area contributed by atoms with E-state index < -0.39 is 11.6 Å². The van der Waals surface area contributed by atoms with E-state index in [2.05, 4.69) is 5.32 Å². The average molecular weight is 248 g/mol. The number of hydrogen-bond acceptors (Lipinski definition) is 2. The van der Waals surface area contributed by atoms with Gasteiger partial charge in [-0.3, -0.25) is 0 Å². The van der Waals surface area contributed by atoms with Gasteiger partial charge in [-0.1, -0.05) is 24.3 Å². The first kappa shape index (κ1) is 12.5. The minimum absolute atomic E-state index is 0.464. The molecule has 4 heteroatoms. The Labute approximate surface area is 104 Å². The maximum Gasteiger partial charge on any atom is 0.159 e. The minimum Gasteiger partial charge on any atom is -0.398 e. The van der Waals surface area contributed by atoms with Gasteiger partial charge in [0.15, 0.2) is 11.6 Å². The Balaban J connectivity index is 1.92. The largest absolute Gasteiger partial charge is 0.398 e. The van der Waals surface area contributed by atoms with E-state index in [1.54, 1.807) is 6.07 Å². The van der Waals surface area contributed by atoms with Crippen LogP contribution < -0.4 is 11.1 Å². The lowest BCUT2D eigenvalue weighted by Crippen LogP contribution is -2.14. The van der Waals surface area contributed by atoms with Crippen molar-refractivity contribution in [2.45, 2.75) is 13.1 Å². The van der Waals surface area contributed by atoms with Crippen LogP contribution in [0.2, 0.25) is 0 Å². The van der Waals surface area contributed by atoms with E-state index in [-0.39, 0.29) is 0 Å². The van der Waals surface area contributed by atoms with E-state index >= 15 is 0 Å². The van der Waals surface area contributed by atoms with E-state index in [4.69, 9.17) is 5.73 Å². The quantitative estimate of drug-likeness (QED) is 0.816. The van der Waals surface area contributed by atoms with Crippen LogP contribution in [0, 0.1) is 11.6 Å². The second kappa shape index (κ2) is 5.60. The van der Waals surface area contributed by atoms with E-state index in [9.17, 15) is 8.78 Å². The van der Waals surface area contributed by atoms with Crippen LogP contribution in [0.25, 0.3) is 0 Å². The average Bonchev–Trinajstić information content (AvgIpc) is 2.36. The molecule has 3 N–H and O–H groups in total. The van der Waals surface area contributed by atoms with Gasteiger partial charge < -0.3 is 11.1 Å². The number of halogens is 2. The molecule has 94 valence electrons. The zero-order chi connectivity index (χ0) is 13.0. The molecular formula is C14H14F2N2. The van der Waals surface area contributed by atoms with Crippen molar-refractivity contribution in [2.75, 3.05) is 5.73 Å². The predicted molar refractivity (Wildman–Crippen MR) is 67.8 cm³/mol. The Bertz CT molecular complexity index is 541. The van der Waals surface area contributed by atoms with Crippen LogP contribution in [-0.4, -0.2) is 0 Å². The van der Waals surface area contributed by atoms with Gasteiger partial charge in [0.2, 0.25) is 0 Å². The van der Waals surface area contributed by atoms with Crippen LogP contribution in [-0.2, 0) is 13.1 Å². The number of hydrogen-bond donors (Lipinski definition) is 2. The summed E-state index contributed by atoms with van der Waals surface area (Å²) in [5.74, 6) is -1.65. The summed E-state index contributed by atoms with van der Waals surface area (Å²) in [5, 5.41) is 3.14. The molecule has 0 heterocycles. The molecule has 2 aromatic rings. The van der Waals surface area contributed by atoms with Crippen molar-refractivity contribution < 1.29 is 8.78 Å². The molecule has 0 aliphatic carbocycles. The number of nitrogens with one attached hydrogen (secondary N) is 1. The Kier molecular flexibility index (Phi) is 3.89. The molecule has 2 aromatic carbocycles. The highest BCUT2D eigenvalue weighted by molar-refractivity contribution is 5.46. The lowest BCUT2D eigenvalue weighted by atomic mass is 10.1. The van der Waals surface area contributed by atoms with Crippen LogP contribution in [0.1, 0.15) is 11.1 Å². The van der Waals surface area contributed by atoms with Crippen molar-refractivity contribution in [3.05, 3.63) is 65.2 Å². The maximum atomic E-state index is 13.0. The molecule has 2 rings (SSSR count). The van der Waals surface area contributed by atoms with Crippen LogP contribution in [0.3, 0.4) is 0 Å². The van der Waals surface area contributed by atoms with Crippen molar-refractivity contribution in [3.63, 3.8) is 0 Å². The Morgan fingerprint density at radius 3 is 2.44 bits per heavy atom. The second-order valence-corrected chi connectivity index (χ2v) is 4.05. The number of rotatable bonds is 4. The molecule has 0 bridgehead atoms. The SMILES string of the molecule is Nc1ccccc1CNCc1ccc(F)c(F)c1. The summed E-state index contributed by atoms with van der Waals surface area (Å²) in [6.45, 7) is 1.05. The summed E-state index contributed by atoms with van der Waals surface area (Å²) in [7, 11) is 0. The highest BCUT2D eigenvalue weighted by Gasteiger charge is 2.02. The van der Waals surface area contributed by atoms with E-state index in [0.29, 0.717) is 18.7 Å². The number of anilines is 1. The Hall–Kier alpha value is -1.94. The van der Waals surface area contributed by atoms with Crippen molar-refractivity contribution in [3.8, 4) is 0 Å². The first-order valence-corrected chi connectivity index (χ1v) is 5.65. The zero-order valence-corrected chi connectivity index (χ0v) is 9.79. The zero-order valence-electron chi connectivity index (χ0n) is 9.79. The predicted octanol–water partition coefficient (Wildman–Crippen LogP) is 2.84. The van der Waals surface area contributed by atoms with Crippen molar-refractivity contribution >= 4 is 5.69 Å². The van der Waals surface area contributed by atoms with Gasteiger partial charge >= 0.3 is 0 Å². The molecule has 0 amide bonds. The van der Waals surface area contributed by atoms with Crippen LogP contribution in [0.15, 0.2) is 42.5 Å². The van der Waals surface area contributed by atoms with Gasteiger partial charge in [0, 0.05) is 18.8 Å². The van der Waals surface area contributed by atoms with Gasteiger partial charge in [-0.2, -0.15) is 0 Å². The summed E-state index contributed by atoms with van der Waals surface area (Å²) in [5.41, 5.74) is 8.20. The molecule has 0 unspecified atom stereocenters. The highest BCUT2D eigenvalue weighted by Crippen LogP contribution is 2.11. The summed E-state index contributed by atoms with van der Waals surface area (Å²) in [4.78, 5) is 0. The standard InChI is InChI=1S/C14H14F2N2/c15-12-6-5-10(7-13(12)16)8-18-9-11-3-1-2-4-14(11)17/h1-7,18H,8-9,17H2. The lowest BCUT2D eigenvalue weighted by Gasteiger charge is -2.07. The molecule has 0 spiro atoms. The molecule has 0 saturated carbocycles. The molecular weight excluding hydrogens is 234 g/mol. The van der Waals surface area contributed by atoms with Crippen LogP contribution >= 0.6 is 0 Å². The van der Waals surface area contributed by atoms with Gasteiger partial charge in [0.25, 0.3) is 0 Å². The van der Waals surface area contributed by atoms with Gasteiger partial charge in [-0.05, 0) is 29.3 Å². The fourth-order valence-electron chi connectivity index (χ4n) is 1.69. The summed E-state index contributed by atoms with van der Waals surface area (Å²) >= 11 is 0. The van der Waals surface area contributed by atoms with E-state index in [0.717, 1.165) is 17.3 Å². The van der Waals surface area contributed by atoms with Crippen LogP contribution in [0.4, 0.5) is 14.5 Å². The highest BCUT2D eigenvalue weighted by atomic mass is 19.2. The van der Waals surface area contributed by atoms with Crippen molar-refractivity contribution in [1.82, 2.24) is 5.32 Å². The summed E-state index contributed by atoms with van der Waals surface area (Å²) in [6, 6.07) is 11.4. The normalized spacial score (nSPS) is 10.6. The van der Waals surface area contributed by atoms with Crippen LogP contribution in [0.5, 0.6) is 0 Å². The Morgan fingerprint density at radius 2 is 1.72 bits per heavy atom. The fraction of sp³-hybridized carbons (Fsp3) is 0.143.